The number of carbonyl (C=O) groups excluding carboxylic acids is 1. The molecule has 2 aliphatic rings. The molecule has 3 N–H and O–H groups in total. The van der Waals surface area contributed by atoms with Crippen LogP contribution < -0.4 is 10.6 Å². The van der Waals surface area contributed by atoms with E-state index in [9.17, 15) is 14.7 Å². The van der Waals surface area contributed by atoms with Crippen LogP contribution in [-0.4, -0.2) is 34.6 Å². The molecule has 5 nitrogen and oxygen atoms in total. The van der Waals surface area contributed by atoms with Gasteiger partial charge in [0.1, 0.15) is 0 Å². The summed E-state index contributed by atoms with van der Waals surface area (Å²) in [4.78, 5) is 23.7. The summed E-state index contributed by atoms with van der Waals surface area (Å²) in [7, 11) is 0. The van der Waals surface area contributed by atoms with Crippen molar-refractivity contribution in [3.8, 4) is 0 Å². The molecule has 0 spiro atoms. The van der Waals surface area contributed by atoms with E-state index >= 15 is 0 Å². The van der Waals surface area contributed by atoms with Crippen molar-refractivity contribution in [3.05, 3.63) is 0 Å². The second kappa shape index (κ2) is 5.59. The molecule has 2 bridgehead atoms. The normalized spacial score (nSPS) is 29.2. The smallest absolute Gasteiger partial charge is 0.311 e. The van der Waals surface area contributed by atoms with Gasteiger partial charge in [0.25, 0.3) is 0 Å². The quantitative estimate of drug-likeness (QED) is 0.724. The van der Waals surface area contributed by atoms with Crippen molar-refractivity contribution in [2.45, 2.75) is 77.4 Å². The van der Waals surface area contributed by atoms with E-state index in [2.05, 4.69) is 10.6 Å². The average Bonchev–Trinajstić information content (AvgIpc) is 2.67. The third kappa shape index (κ3) is 3.39. The van der Waals surface area contributed by atoms with E-state index in [1.807, 2.05) is 0 Å². The van der Waals surface area contributed by atoms with Crippen molar-refractivity contribution in [1.82, 2.24) is 10.6 Å². The van der Waals surface area contributed by atoms with Gasteiger partial charge in [0.2, 0.25) is 5.91 Å². The van der Waals surface area contributed by atoms with Gasteiger partial charge in [-0.05, 0) is 59.3 Å². The fraction of sp³-hybridized carbons (Fsp3) is 0.875. The molecular weight excluding hydrogens is 268 g/mol. The third-order valence-corrected chi connectivity index (χ3v) is 5.59. The van der Waals surface area contributed by atoms with E-state index in [0.717, 1.165) is 12.8 Å². The van der Waals surface area contributed by atoms with E-state index in [0.29, 0.717) is 24.4 Å². The van der Waals surface area contributed by atoms with Gasteiger partial charge in [0.15, 0.2) is 0 Å². The topological polar surface area (TPSA) is 78.4 Å². The molecule has 0 saturated carbocycles. The lowest BCUT2D eigenvalue weighted by Crippen LogP contribution is -2.57. The lowest BCUT2D eigenvalue weighted by Gasteiger charge is -2.39. The van der Waals surface area contributed by atoms with Crippen LogP contribution in [-0.2, 0) is 9.59 Å². The van der Waals surface area contributed by atoms with Crippen LogP contribution in [0.15, 0.2) is 0 Å². The first-order chi connectivity index (χ1) is 9.62. The molecule has 2 saturated heterocycles. The highest BCUT2D eigenvalue weighted by Gasteiger charge is 2.44. The number of rotatable bonds is 5. The van der Waals surface area contributed by atoms with E-state index in [1.54, 1.807) is 27.7 Å². The van der Waals surface area contributed by atoms with Gasteiger partial charge in [-0.1, -0.05) is 0 Å². The van der Waals surface area contributed by atoms with Gasteiger partial charge in [0.05, 0.1) is 5.41 Å². The Morgan fingerprint density at radius 3 is 2.14 bits per heavy atom. The zero-order chi connectivity index (χ0) is 15.8. The number of aliphatic carboxylic acids is 1. The summed E-state index contributed by atoms with van der Waals surface area (Å²) in [5, 5.41) is 15.8. The lowest BCUT2D eigenvalue weighted by molar-refractivity contribution is -0.151. The second-order valence-corrected chi connectivity index (χ2v) is 7.78. The number of nitrogens with one attached hydrogen (secondary N) is 2. The summed E-state index contributed by atoms with van der Waals surface area (Å²) in [6.45, 7) is 6.87. The van der Waals surface area contributed by atoms with Gasteiger partial charge < -0.3 is 15.7 Å². The summed E-state index contributed by atoms with van der Waals surface area (Å²) in [6, 6.07) is 1.15. The molecule has 0 radical (unpaired) electrons. The molecule has 5 heteroatoms. The highest BCUT2D eigenvalue weighted by molar-refractivity contribution is 5.80. The van der Waals surface area contributed by atoms with Gasteiger partial charge in [-0.2, -0.15) is 0 Å². The SMILES string of the molecule is CC(C)(NC(=O)CC1CC2CCC(C1)N2)C(C)(C)C(=O)O. The van der Waals surface area contributed by atoms with E-state index in [1.165, 1.54) is 12.8 Å². The first kappa shape index (κ1) is 16.3. The van der Waals surface area contributed by atoms with Crippen molar-refractivity contribution in [2.24, 2.45) is 11.3 Å². The summed E-state index contributed by atoms with van der Waals surface area (Å²) in [5.74, 6) is -0.499. The molecule has 0 aromatic carbocycles. The van der Waals surface area contributed by atoms with Crippen molar-refractivity contribution in [1.29, 1.82) is 0 Å². The molecule has 120 valence electrons. The predicted octanol–water partition coefficient (Wildman–Crippen LogP) is 1.91. The van der Waals surface area contributed by atoms with Crippen LogP contribution in [0, 0.1) is 11.3 Å². The number of carbonyl (C=O) groups is 2. The predicted molar refractivity (Wildman–Crippen MR) is 80.9 cm³/mol. The minimum atomic E-state index is -1.00. The highest BCUT2D eigenvalue weighted by atomic mass is 16.4. The first-order valence-corrected chi connectivity index (χ1v) is 7.92. The monoisotopic (exact) mass is 296 g/mol. The van der Waals surface area contributed by atoms with Crippen molar-refractivity contribution in [3.63, 3.8) is 0 Å². The van der Waals surface area contributed by atoms with Crippen LogP contribution in [0.3, 0.4) is 0 Å². The molecule has 1 amide bonds. The Kier molecular flexibility index (Phi) is 4.34. The Bertz CT molecular complexity index is 419. The number of hydrogen-bond donors (Lipinski definition) is 3. The average molecular weight is 296 g/mol. The summed E-state index contributed by atoms with van der Waals surface area (Å²) in [5.41, 5.74) is -1.78. The third-order valence-electron chi connectivity index (χ3n) is 5.59. The molecule has 21 heavy (non-hydrogen) atoms. The van der Waals surface area contributed by atoms with Gasteiger partial charge in [0, 0.05) is 24.0 Å². The standard InChI is InChI=1S/C16H28N2O3/c1-15(2,14(20)21)16(3,4)18-13(19)9-10-7-11-5-6-12(8-10)17-11/h10-12,17H,5-9H2,1-4H3,(H,18,19)(H,20,21). The van der Waals surface area contributed by atoms with Crippen molar-refractivity contribution in [2.75, 3.05) is 0 Å². The van der Waals surface area contributed by atoms with Crippen LogP contribution in [0.2, 0.25) is 0 Å². The van der Waals surface area contributed by atoms with Crippen LogP contribution >= 0.6 is 0 Å². The zero-order valence-electron chi connectivity index (χ0n) is 13.5. The van der Waals surface area contributed by atoms with Crippen molar-refractivity contribution < 1.29 is 14.7 Å². The second-order valence-electron chi connectivity index (χ2n) is 7.78. The fourth-order valence-electron chi connectivity index (χ4n) is 3.43. The highest BCUT2D eigenvalue weighted by Crippen LogP contribution is 2.34. The van der Waals surface area contributed by atoms with Gasteiger partial charge in [-0.15, -0.1) is 0 Å². The van der Waals surface area contributed by atoms with Crippen LogP contribution in [0.25, 0.3) is 0 Å². The largest absolute Gasteiger partial charge is 0.481 e. The number of carboxylic acid groups (broad SMARTS) is 1. The molecule has 2 atom stereocenters. The van der Waals surface area contributed by atoms with Crippen LogP contribution in [0.1, 0.15) is 59.8 Å². The molecule has 2 fully saturated rings. The number of hydrogen-bond acceptors (Lipinski definition) is 3. The van der Waals surface area contributed by atoms with E-state index < -0.39 is 16.9 Å². The minimum absolute atomic E-state index is 0.0272. The summed E-state index contributed by atoms with van der Waals surface area (Å²) >= 11 is 0. The first-order valence-electron chi connectivity index (χ1n) is 7.92. The maximum atomic E-state index is 12.3. The Morgan fingerprint density at radius 1 is 1.14 bits per heavy atom. The minimum Gasteiger partial charge on any atom is -0.481 e. The van der Waals surface area contributed by atoms with Crippen molar-refractivity contribution >= 4 is 11.9 Å². The molecule has 2 unspecified atom stereocenters. The van der Waals surface area contributed by atoms with E-state index in [4.69, 9.17) is 0 Å². The Hall–Kier alpha value is -1.10. The Balaban J connectivity index is 1.91. The summed E-state index contributed by atoms with van der Waals surface area (Å²) < 4.78 is 0. The number of fused-ring (bicyclic) bond motifs is 2. The molecule has 0 aromatic heterocycles. The molecule has 2 heterocycles. The van der Waals surface area contributed by atoms with Gasteiger partial charge in [-0.3, -0.25) is 9.59 Å². The fourth-order valence-corrected chi connectivity index (χ4v) is 3.43. The number of carboxylic acids is 1. The molecule has 0 aromatic rings. The molecular formula is C16H28N2O3. The molecule has 0 aliphatic carbocycles. The number of amides is 1. The zero-order valence-corrected chi connectivity index (χ0v) is 13.5. The summed E-state index contributed by atoms with van der Waals surface area (Å²) in [6.07, 6.45) is 5.08. The number of piperidine rings is 1. The van der Waals surface area contributed by atoms with Gasteiger partial charge >= 0.3 is 5.97 Å². The molecule has 2 rings (SSSR count). The van der Waals surface area contributed by atoms with Crippen LogP contribution in [0.4, 0.5) is 0 Å². The maximum Gasteiger partial charge on any atom is 0.311 e. The Labute approximate surface area is 126 Å². The Morgan fingerprint density at radius 2 is 1.67 bits per heavy atom. The van der Waals surface area contributed by atoms with E-state index in [-0.39, 0.29) is 5.91 Å². The van der Waals surface area contributed by atoms with Crippen LogP contribution in [0.5, 0.6) is 0 Å². The molecule has 2 aliphatic heterocycles. The maximum absolute atomic E-state index is 12.3. The van der Waals surface area contributed by atoms with Gasteiger partial charge in [-0.25, -0.2) is 0 Å². The lowest BCUT2D eigenvalue weighted by atomic mass is 9.74.